The van der Waals surface area contributed by atoms with Gasteiger partial charge in [0, 0.05) is 0 Å². The topological polar surface area (TPSA) is 12.5 Å². The van der Waals surface area contributed by atoms with Gasteiger partial charge in [0.15, 0.2) is 0 Å². The van der Waals surface area contributed by atoms with Crippen molar-refractivity contribution in [2.45, 2.75) is 51.7 Å². The number of rotatable bonds is 6. The SMILES string of the molecule is CC/C=C/CC1OC1C/C=C/CC. The van der Waals surface area contributed by atoms with Gasteiger partial charge < -0.3 is 4.74 Å². The Bertz CT molecular complexity index is 162. The van der Waals surface area contributed by atoms with Crippen molar-refractivity contribution in [3.8, 4) is 0 Å². The molecule has 0 N–H and O–H groups in total. The summed E-state index contributed by atoms with van der Waals surface area (Å²) < 4.78 is 5.51. The van der Waals surface area contributed by atoms with E-state index in [1.165, 1.54) is 0 Å². The fourth-order valence-corrected chi connectivity index (χ4v) is 1.39. The molecule has 0 aromatic carbocycles. The molecule has 0 spiro atoms. The lowest BCUT2D eigenvalue weighted by Crippen LogP contribution is -1.89. The van der Waals surface area contributed by atoms with Gasteiger partial charge in [-0.05, 0) is 25.7 Å². The molecule has 0 bridgehead atoms. The van der Waals surface area contributed by atoms with Crippen LogP contribution in [0.1, 0.15) is 39.5 Å². The number of epoxide rings is 1. The second-order valence-electron chi connectivity index (χ2n) is 3.44. The van der Waals surface area contributed by atoms with Crippen molar-refractivity contribution in [3.05, 3.63) is 24.3 Å². The zero-order chi connectivity index (χ0) is 9.52. The summed E-state index contributed by atoms with van der Waals surface area (Å²) in [4.78, 5) is 0. The minimum absolute atomic E-state index is 0.504. The predicted molar refractivity (Wildman–Crippen MR) is 56.8 cm³/mol. The summed E-state index contributed by atoms with van der Waals surface area (Å²) in [7, 11) is 0. The molecule has 0 aromatic rings. The fraction of sp³-hybridized carbons (Fsp3) is 0.667. The molecule has 1 aliphatic rings. The summed E-state index contributed by atoms with van der Waals surface area (Å²) in [6, 6.07) is 0. The molecule has 13 heavy (non-hydrogen) atoms. The summed E-state index contributed by atoms with van der Waals surface area (Å²) in [5, 5.41) is 0. The lowest BCUT2D eigenvalue weighted by atomic mass is 10.1. The molecule has 1 nitrogen and oxygen atoms in total. The molecule has 1 heteroatoms. The third-order valence-corrected chi connectivity index (χ3v) is 2.23. The Morgan fingerprint density at radius 3 is 1.69 bits per heavy atom. The van der Waals surface area contributed by atoms with Gasteiger partial charge >= 0.3 is 0 Å². The Morgan fingerprint density at radius 1 is 0.846 bits per heavy atom. The number of hydrogen-bond donors (Lipinski definition) is 0. The minimum Gasteiger partial charge on any atom is -0.369 e. The zero-order valence-corrected chi connectivity index (χ0v) is 8.70. The van der Waals surface area contributed by atoms with Gasteiger partial charge in [0.2, 0.25) is 0 Å². The second kappa shape index (κ2) is 5.98. The highest BCUT2D eigenvalue weighted by Gasteiger charge is 2.35. The highest BCUT2D eigenvalue weighted by molar-refractivity contribution is 4.97. The summed E-state index contributed by atoms with van der Waals surface area (Å²) in [6.45, 7) is 4.32. The monoisotopic (exact) mass is 180 g/mol. The Balaban J connectivity index is 2.02. The van der Waals surface area contributed by atoms with E-state index in [1.807, 2.05) is 0 Å². The van der Waals surface area contributed by atoms with E-state index in [0.717, 1.165) is 25.7 Å². The van der Waals surface area contributed by atoms with Gasteiger partial charge in [0.05, 0.1) is 12.2 Å². The quantitative estimate of drug-likeness (QED) is 0.450. The first-order valence-corrected chi connectivity index (χ1v) is 5.34. The van der Waals surface area contributed by atoms with Crippen LogP contribution in [0, 0.1) is 0 Å². The third kappa shape index (κ3) is 4.28. The van der Waals surface area contributed by atoms with Crippen LogP contribution in [0.2, 0.25) is 0 Å². The lowest BCUT2D eigenvalue weighted by Gasteiger charge is -1.86. The van der Waals surface area contributed by atoms with E-state index in [0.29, 0.717) is 12.2 Å². The normalized spacial score (nSPS) is 27.5. The van der Waals surface area contributed by atoms with Crippen molar-refractivity contribution >= 4 is 0 Å². The highest BCUT2D eigenvalue weighted by atomic mass is 16.6. The Labute approximate surface area is 81.5 Å². The van der Waals surface area contributed by atoms with Crippen LogP contribution in [0.25, 0.3) is 0 Å². The molecule has 0 radical (unpaired) electrons. The predicted octanol–water partition coefficient (Wildman–Crippen LogP) is 3.47. The molecule has 0 aliphatic carbocycles. The maximum atomic E-state index is 5.51. The van der Waals surface area contributed by atoms with Gasteiger partial charge in [-0.15, -0.1) is 0 Å². The molecule has 2 unspecified atom stereocenters. The Hall–Kier alpha value is -0.560. The smallest absolute Gasteiger partial charge is 0.0879 e. The Kier molecular flexibility index (Phi) is 4.84. The van der Waals surface area contributed by atoms with Gasteiger partial charge in [0.1, 0.15) is 0 Å². The van der Waals surface area contributed by atoms with Crippen LogP contribution in [0.3, 0.4) is 0 Å². The third-order valence-electron chi connectivity index (χ3n) is 2.23. The first kappa shape index (κ1) is 10.5. The van der Waals surface area contributed by atoms with Crippen molar-refractivity contribution in [2.75, 3.05) is 0 Å². The second-order valence-corrected chi connectivity index (χ2v) is 3.44. The summed E-state index contributed by atoms with van der Waals surface area (Å²) in [5.41, 5.74) is 0. The average molecular weight is 180 g/mol. The van der Waals surface area contributed by atoms with Crippen LogP contribution >= 0.6 is 0 Å². The Morgan fingerprint density at radius 2 is 1.31 bits per heavy atom. The van der Waals surface area contributed by atoms with Gasteiger partial charge in [-0.2, -0.15) is 0 Å². The van der Waals surface area contributed by atoms with Crippen LogP contribution < -0.4 is 0 Å². The van der Waals surface area contributed by atoms with Crippen molar-refractivity contribution in [3.63, 3.8) is 0 Å². The molecule has 0 aromatic heterocycles. The van der Waals surface area contributed by atoms with Crippen LogP contribution in [-0.4, -0.2) is 12.2 Å². The van der Waals surface area contributed by atoms with E-state index < -0.39 is 0 Å². The van der Waals surface area contributed by atoms with E-state index >= 15 is 0 Å². The van der Waals surface area contributed by atoms with E-state index in [2.05, 4.69) is 38.2 Å². The maximum Gasteiger partial charge on any atom is 0.0879 e. The van der Waals surface area contributed by atoms with Crippen molar-refractivity contribution in [1.29, 1.82) is 0 Å². The van der Waals surface area contributed by atoms with Gasteiger partial charge in [0.25, 0.3) is 0 Å². The standard InChI is InChI=1S/C12H20O/c1-3-5-7-9-11-12(13-11)10-8-6-4-2/h5-8,11-12H,3-4,9-10H2,1-2H3/b7-5+,8-6+. The molecule has 1 saturated heterocycles. The first-order valence-electron chi connectivity index (χ1n) is 5.34. The van der Waals surface area contributed by atoms with Crippen LogP contribution in [0.4, 0.5) is 0 Å². The van der Waals surface area contributed by atoms with E-state index in [4.69, 9.17) is 4.74 Å². The molecule has 1 heterocycles. The molecule has 1 fully saturated rings. The molecular formula is C12H20O. The molecule has 74 valence electrons. The van der Waals surface area contributed by atoms with Crippen LogP contribution in [-0.2, 0) is 4.74 Å². The summed E-state index contributed by atoms with van der Waals surface area (Å²) >= 11 is 0. The van der Waals surface area contributed by atoms with E-state index in [-0.39, 0.29) is 0 Å². The van der Waals surface area contributed by atoms with Crippen molar-refractivity contribution in [1.82, 2.24) is 0 Å². The number of allylic oxidation sites excluding steroid dienone is 2. The number of ether oxygens (including phenoxy) is 1. The molecule has 1 aliphatic heterocycles. The molecule has 2 atom stereocenters. The number of hydrogen-bond acceptors (Lipinski definition) is 1. The van der Waals surface area contributed by atoms with Gasteiger partial charge in [-0.3, -0.25) is 0 Å². The van der Waals surface area contributed by atoms with E-state index in [1.54, 1.807) is 0 Å². The fourth-order valence-electron chi connectivity index (χ4n) is 1.39. The van der Waals surface area contributed by atoms with Crippen molar-refractivity contribution < 1.29 is 4.74 Å². The highest BCUT2D eigenvalue weighted by Crippen LogP contribution is 2.28. The molecular weight excluding hydrogens is 160 g/mol. The van der Waals surface area contributed by atoms with Crippen LogP contribution in [0.5, 0.6) is 0 Å². The maximum absolute atomic E-state index is 5.51. The van der Waals surface area contributed by atoms with Crippen molar-refractivity contribution in [2.24, 2.45) is 0 Å². The molecule has 1 rings (SSSR count). The van der Waals surface area contributed by atoms with Gasteiger partial charge in [-0.25, -0.2) is 0 Å². The largest absolute Gasteiger partial charge is 0.369 e. The lowest BCUT2D eigenvalue weighted by molar-refractivity contribution is 0.372. The minimum atomic E-state index is 0.504. The van der Waals surface area contributed by atoms with E-state index in [9.17, 15) is 0 Å². The molecule has 0 saturated carbocycles. The zero-order valence-electron chi connectivity index (χ0n) is 8.70. The van der Waals surface area contributed by atoms with Crippen LogP contribution in [0.15, 0.2) is 24.3 Å². The molecule has 0 amide bonds. The summed E-state index contributed by atoms with van der Waals surface area (Å²) in [5.74, 6) is 0. The van der Waals surface area contributed by atoms with Gasteiger partial charge in [-0.1, -0.05) is 38.2 Å². The summed E-state index contributed by atoms with van der Waals surface area (Å²) in [6.07, 6.45) is 14.3. The average Bonchev–Trinajstić information content (AvgIpc) is 2.85. The first-order chi connectivity index (χ1) is 6.38.